The molecule has 1 atom stereocenters. The lowest BCUT2D eigenvalue weighted by Gasteiger charge is -1.94. The Balaban J connectivity index is 2.33. The zero-order valence-electron chi connectivity index (χ0n) is 8.44. The molecule has 0 spiro atoms. The monoisotopic (exact) mass is 223 g/mol. The second-order valence-corrected chi connectivity index (χ2v) is 3.92. The van der Waals surface area contributed by atoms with Gasteiger partial charge >= 0.3 is 0 Å². The van der Waals surface area contributed by atoms with E-state index in [4.69, 9.17) is 16.1 Å². The van der Waals surface area contributed by atoms with E-state index in [0.717, 1.165) is 11.3 Å². The van der Waals surface area contributed by atoms with Crippen LogP contribution in [0.15, 0.2) is 22.9 Å². The minimum Gasteiger partial charge on any atom is -0.334 e. The molecule has 0 aromatic carbocycles. The first-order valence-corrected chi connectivity index (χ1v) is 5.01. The van der Waals surface area contributed by atoms with Gasteiger partial charge in [-0.05, 0) is 26.0 Å². The van der Waals surface area contributed by atoms with Crippen LogP contribution in [-0.2, 0) is 0 Å². The smallest absolute Gasteiger partial charge is 0.259 e. The van der Waals surface area contributed by atoms with Gasteiger partial charge < -0.3 is 4.52 Å². The van der Waals surface area contributed by atoms with Gasteiger partial charge in [0.15, 0.2) is 5.82 Å². The van der Waals surface area contributed by atoms with E-state index in [0.29, 0.717) is 11.7 Å². The van der Waals surface area contributed by atoms with Crippen LogP contribution in [0.2, 0.25) is 0 Å². The van der Waals surface area contributed by atoms with Crippen molar-refractivity contribution < 1.29 is 4.52 Å². The summed E-state index contributed by atoms with van der Waals surface area (Å²) in [7, 11) is 0. The number of rotatable bonds is 2. The van der Waals surface area contributed by atoms with Crippen molar-refractivity contribution in [2.75, 3.05) is 0 Å². The van der Waals surface area contributed by atoms with E-state index >= 15 is 0 Å². The molecular formula is C10H10ClN3O. The fraction of sp³-hybridized carbons (Fsp3) is 0.300. The molecule has 2 aromatic heterocycles. The van der Waals surface area contributed by atoms with Crippen molar-refractivity contribution in [2.45, 2.75) is 19.2 Å². The molecule has 2 rings (SSSR count). The summed E-state index contributed by atoms with van der Waals surface area (Å²) in [4.78, 5) is 8.31. The predicted molar refractivity (Wildman–Crippen MR) is 56.5 cm³/mol. The number of hydrogen-bond donors (Lipinski definition) is 0. The molecule has 2 aromatic rings. The highest BCUT2D eigenvalue weighted by Crippen LogP contribution is 2.21. The summed E-state index contributed by atoms with van der Waals surface area (Å²) in [6.07, 6.45) is 1.70. The van der Waals surface area contributed by atoms with Crippen LogP contribution in [-0.4, -0.2) is 15.1 Å². The first-order chi connectivity index (χ1) is 7.16. The highest BCUT2D eigenvalue weighted by atomic mass is 35.5. The number of aromatic nitrogens is 3. The van der Waals surface area contributed by atoms with E-state index in [1.807, 2.05) is 19.1 Å². The average molecular weight is 224 g/mol. The topological polar surface area (TPSA) is 51.8 Å². The Labute approximate surface area is 92.3 Å². The summed E-state index contributed by atoms with van der Waals surface area (Å²) in [6, 6.07) is 3.78. The molecule has 0 saturated carbocycles. The number of hydrogen-bond acceptors (Lipinski definition) is 4. The Morgan fingerprint density at radius 1 is 1.40 bits per heavy atom. The van der Waals surface area contributed by atoms with Gasteiger partial charge in [0, 0.05) is 11.9 Å². The highest BCUT2D eigenvalue weighted by molar-refractivity contribution is 6.20. The first-order valence-electron chi connectivity index (χ1n) is 4.57. The maximum absolute atomic E-state index is 5.83. The fourth-order valence-electron chi connectivity index (χ4n) is 1.11. The van der Waals surface area contributed by atoms with Crippen molar-refractivity contribution in [3.8, 4) is 11.5 Å². The molecule has 0 aliphatic carbocycles. The van der Waals surface area contributed by atoms with Crippen molar-refractivity contribution in [1.82, 2.24) is 15.1 Å². The van der Waals surface area contributed by atoms with Crippen molar-refractivity contribution in [2.24, 2.45) is 0 Å². The minimum absolute atomic E-state index is 0.249. The SMILES string of the molecule is Cc1ccc(-c2nc(C(C)Cl)no2)cn1. The number of aryl methyl sites for hydroxylation is 1. The molecular weight excluding hydrogens is 214 g/mol. The maximum Gasteiger partial charge on any atom is 0.259 e. The van der Waals surface area contributed by atoms with Crippen LogP contribution in [0.5, 0.6) is 0 Å². The molecule has 0 fully saturated rings. The van der Waals surface area contributed by atoms with Gasteiger partial charge in [0.05, 0.1) is 10.9 Å². The van der Waals surface area contributed by atoms with Crippen LogP contribution >= 0.6 is 11.6 Å². The molecule has 0 radical (unpaired) electrons. The van der Waals surface area contributed by atoms with Crippen LogP contribution in [0.4, 0.5) is 0 Å². The van der Waals surface area contributed by atoms with Crippen molar-refractivity contribution in [3.05, 3.63) is 29.8 Å². The van der Waals surface area contributed by atoms with Gasteiger partial charge in [0.25, 0.3) is 5.89 Å². The molecule has 5 heteroatoms. The summed E-state index contributed by atoms with van der Waals surface area (Å²) in [5.74, 6) is 0.942. The summed E-state index contributed by atoms with van der Waals surface area (Å²) < 4.78 is 5.07. The third-order valence-electron chi connectivity index (χ3n) is 1.96. The van der Waals surface area contributed by atoms with Crippen LogP contribution in [0.25, 0.3) is 11.5 Å². The molecule has 15 heavy (non-hydrogen) atoms. The maximum atomic E-state index is 5.83. The number of halogens is 1. The Kier molecular flexibility index (Phi) is 2.68. The number of alkyl halides is 1. The molecule has 4 nitrogen and oxygen atoms in total. The minimum atomic E-state index is -0.249. The third kappa shape index (κ3) is 2.15. The Hall–Kier alpha value is -1.42. The van der Waals surface area contributed by atoms with E-state index in [-0.39, 0.29) is 5.38 Å². The molecule has 1 unspecified atom stereocenters. The van der Waals surface area contributed by atoms with Crippen LogP contribution in [0.3, 0.4) is 0 Å². The summed E-state index contributed by atoms with van der Waals surface area (Å²) in [5, 5.41) is 3.52. The van der Waals surface area contributed by atoms with E-state index in [9.17, 15) is 0 Å². The van der Waals surface area contributed by atoms with Gasteiger partial charge in [0.1, 0.15) is 0 Å². The normalized spacial score (nSPS) is 12.7. The van der Waals surface area contributed by atoms with E-state index in [1.165, 1.54) is 0 Å². The van der Waals surface area contributed by atoms with E-state index in [2.05, 4.69) is 15.1 Å². The van der Waals surface area contributed by atoms with Crippen LogP contribution in [0.1, 0.15) is 23.8 Å². The average Bonchev–Trinajstić information content (AvgIpc) is 2.68. The molecule has 0 saturated heterocycles. The van der Waals surface area contributed by atoms with Crippen LogP contribution < -0.4 is 0 Å². The Morgan fingerprint density at radius 3 is 2.73 bits per heavy atom. The molecule has 0 aliphatic heterocycles. The zero-order valence-corrected chi connectivity index (χ0v) is 9.19. The molecule has 2 heterocycles. The van der Waals surface area contributed by atoms with E-state index in [1.54, 1.807) is 13.1 Å². The second-order valence-electron chi connectivity index (χ2n) is 3.26. The van der Waals surface area contributed by atoms with Gasteiger partial charge in [-0.2, -0.15) is 4.98 Å². The predicted octanol–water partition coefficient (Wildman–Crippen LogP) is 2.74. The van der Waals surface area contributed by atoms with Gasteiger partial charge in [-0.1, -0.05) is 5.16 Å². The Morgan fingerprint density at radius 2 is 2.20 bits per heavy atom. The lowest BCUT2D eigenvalue weighted by Crippen LogP contribution is -1.87. The van der Waals surface area contributed by atoms with Gasteiger partial charge in [-0.25, -0.2) is 0 Å². The van der Waals surface area contributed by atoms with E-state index < -0.39 is 0 Å². The molecule has 0 N–H and O–H groups in total. The van der Waals surface area contributed by atoms with Crippen LogP contribution in [0, 0.1) is 6.92 Å². The molecule has 78 valence electrons. The second kappa shape index (κ2) is 3.98. The van der Waals surface area contributed by atoms with Gasteiger partial charge in [-0.3, -0.25) is 4.98 Å². The third-order valence-corrected chi connectivity index (χ3v) is 2.15. The summed E-state index contributed by atoms with van der Waals surface area (Å²) in [5.41, 5.74) is 1.75. The summed E-state index contributed by atoms with van der Waals surface area (Å²) in [6.45, 7) is 3.72. The largest absolute Gasteiger partial charge is 0.334 e. The highest BCUT2D eigenvalue weighted by Gasteiger charge is 2.12. The lowest BCUT2D eigenvalue weighted by atomic mass is 10.2. The fourth-order valence-corrected chi connectivity index (χ4v) is 1.20. The van der Waals surface area contributed by atoms with Crippen molar-refractivity contribution in [1.29, 1.82) is 0 Å². The quantitative estimate of drug-likeness (QED) is 0.735. The Bertz CT molecular complexity index is 450. The van der Waals surface area contributed by atoms with Gasteiger partial charge in [-0.15, -0.1) is 11.6 Å². The number of pyridine rings is 1. The standard InChI is InChI=1S/C10H10ClN3O/c1-6-3-4-8(5-12-6)10-13-9(7(2)11)14-15-10/h3-5,7H,1-2H3. The van der Waals surface area contributed by atoms with Crippen molar-refractivity contribution in [3.63, 3.8) is 0 Å². The number of nitrogens with zero attached hydrogens (tertiary/aromatic N) is 3. The molecule has 0 amide bonds. The van der Waals surface area contributed by atoms with Gasteiger partial charge in [0.2, 0.25) is 0 Å². The first kappa shape index (κ1) is 10.1. The lowest BCUT2D eigenvalue weighted by molar-refractivity contribution is 0.422. The zero-order chi connectivity index (χ0) is 10.8. The molecule has 0 bridgehead atoms. The molecule has 0 aliphatic rings. The summed E-state index contributed by atoms with van der Waals surface area (Å²) >= 11 is 5.83. The van der Waals surface area contributed by atoms with Crippen molar-refractivity contribution >= 4 is 11.6 Å².